The molecule has 0 unspecified atom stereocenters. The van der Waals surface area contributed by atoms with Gasteiger partial charge >= 0.3 is 0 Å². The lowest BCUT2D eigenvalue weighted by atomic mass is 10.1. The lowest BCUT2D eigenvalue weighted by molar-refractivity contribution is -0.0759. The van der Waals surface area contributed by atoms with Gasteiger partial charge in [-0.25, -0.2) is 9.45 Å². The van der Waals surface area contributed by atoms with Crippen LogP contribution in [0.25, 0.3) is 0 Å². The Morgan fingerprint density at radius 3 is 2.73 bits per heavy atom. The Morgan fingerprint density at radius 1 is 1.60 bits per heavy atom. The third-order valence-electron chi connectivity index (χ3n) is 1.89. The largest absolute Gasteiger partial charge is 0.280 e. The molecule has 0 aliphatic carbocycles. The van der Waals surface area contributed by atoms with E-state index in [1.165, 1.54) is 26.3 Å². The minimum Gasteiger partial charge on any atom is -0.274 e. The third kappa shape index (κ3) is 2.30. The van der Waals surface area contributed by atoms with Gasteiger partial charge in [0.1, 0.15) is 5.82 Å². The maximum absolute atomic E-state index is 13.3. The highest BCUT2D eigenvalue weighted by molar-refractivity contribution is 5.93. The van der Waals surface area contributed by atoms with Crippen LogP contribution in [0.2, 0.25) is 0 Å². The van der Waals surface area contributed by atoms with Crippen molar-refractivity contribution in [1.29, 1.82) is 5.26 Å². The summed E-state index contributed by atoms with van der Waals surface area (Å²) >= 11 is 0. The summed E-state index contributed by atoms with van der Waals surface area (Å²) < 4.78 is 13.3. The Morgan fingerprint density at radius 2 is 2.27 bits per heavy atom. The fourth-order valence-corrected chi connectivity index (χ4v) is 1.01. The van der Waals surface area contributed by atoms with Crippen LogP contribution < -0.4 is 0 Å². The second kappa shape index (κ2) is 4.53. The molecule has 1 aromatic carbocycles. The van der Waals surface area contributed by atoms with E-state index in [0.717, 1.165) is 11.1 Å². The molecule has 0 heterocycles. The van der Waals surface area contributed by atoms with E-state index in [9.17, 15) is 9.18 Å². The molecule has 0 aromatic heterocycles. The molecule has 0 bridgehead atoms. The molecule has 0 N–H and O–H groups in total. The zero-order chi connectivity index (χ0) is 11.4. The van der Waals surface area contributed by atoms with E-state index in [0.29, 0.717) is 0 Å². The number of halogens is 1. The van der Waals surface area contributed by atoms with Crippen molar-refractivity contribution in [1.82, 2.24) is 5.06 Å². The highest BCUT2D eigenvalue weighted by Gasteiger charge is 2.16. The first-order chi connectivity index (χ1) is 7.10. The second-order valence-corrected chi connectivity index (χ2v) is 2.79. The zero-order valence-corrected chi connectivity index (χ0v) is 8.32. The van der Waals surface area contributed by atoms with Crippen LogP contribution in [0.5, 0.6) is 0 Å². The molecule has 0 aliphatic heterocycles. The first-order valence-electron chi connectivity index (χ1n) is 4.12. The summed E-state index contributed by atoms with van der Waals surface area (Å²) in [4.78, 5) is 16.1. The van der Waals surface area contributed by atoms with E-state index in [-0.39, 0.29) is 11.1 Å². The summed E-state index contributed by atoms with van der Waals surface area (Å²) in [6.07, 6.45) is 0. The quantitative estimate of drug-likeness (QED) is 0.689. The van der Waals surface area contributed by atoms with Gasteiger partial charge in [0.15, 0.2) is 0 Å². The Labute approximate surface area is 86.4 Å². The molecule has 1 amide bonds. The van der Waals surface area contributed by atoms with Crippen molar-refractivity contribution in [3.8, 4) is 6.07 Å². The summed E-state index contributed by atoms with van der Waals surface area (Å²) in [5.41, 5.74) is 0.0440. The second-order valence-electron chi connectivity index (χ2n) is 2.79. The van der Waals surface area contributed by atoms with Gasteiger partial charge in [-0.1, -0.05) is 0 Å². The van der Waals surface area contributed by atoms with Crippen LogP contribution in [0.4, 0.5) is 4.39 Å². The van der Waals surface area contributed by atoms with E-state index >= 15 is 0 Å². The van der Waals surface area contributed by atoms with Crippen molar-refractivity contribution >= 4 is 5.91 Å². The average Bonchev–Trinajstić information content (AvgIpc) is 2.26. The number of benzene rings is 1. The fraction of sp³-hybridized carbons (Fsp3) is 0.200. The summed E-state index contributed by atoms with van der Waals surface area (Å²) in [5, 5.41) is 9.42. The third-order valence-corrected chi connectivity index (χ3v) is 1.89. The van der Waals surface area contributed by atoms with Gasteiger partial charge < -0.3 is 0 Å². The van der Waals surface area contributed by atoms with E-state index in [4.69, 9.17) is 5.26 Å². The van der Waals surface area contributed by atoms with Crippen molar-refractivity contribution in [2.45, 2.75) is 0 Å². The monoisotopic (exact) mass is 208 g/mol. The lowest BCUT2D eigenvalue weighted by Gasteiger charge is -2.13. The van der Waals surface area contributed by atoms with E-state index < -0.39 is 11.7 Å². The number of carbonyl (C=O) groups is 1. The maximum atomic E-state index is 13.3. The predicted octanol–water partition coefficient (Wildman–Crippen LogP) is 1.33. The van der Waals surface area contributed by atoms with Crippen LogP contribution in [0.1, 0.15) is 15.9 Å². The molecular formula is C10H9FN2O2. The summed E-state index contributed by atoms with van der Waals surface area (Å²) in [7, 11) is 2.68. The Balaban J connectivity index is 3.07. The number of hydroxylamine groups is 2. The molecule has 1 rings (SSSR count). The van der Waals surface area contributed by atoms with Crippen LogP contribution in [-0.4, -0.2) is 25.1 Å². The molecule has 5 heteroatoms. The minimum absolute atomic E-state index is 0.127. The normalized spacial score (nSPS) is 9.47. The van der Waals surface area contributed by atoms with Gasteiger partial charge in [-0.3, -0.25) is 9.63 Å². The molecule has 0 saturated carbocycles. The number of carbonyl (C=O) groups excluding carboxylic acids is 1. The molecule has 0 aliphatic rings. The number of rotatable bonds is 2. The van der Waals surface area contributed by atoms with Gasteiger partial charge in [0.2, 0.25) is 0 Å². The number of hydrogen-bond acceptors (Lipinski definition) is 3. The van der Waals surface area contributed by atoms with Crippen molar-refractivity contribution in [3.63, 3.8) is 0 Å². The number of nitrogens with zero attached hydrogens (tertiary/aromatic N) is 2. The summed E-state index contributed by atoms with van der Waals surface area (Å²) in [6, 6.07) is 5.42. The van der Waals surface area contributed by atoms with Gasteiger partial charge in [-0.05, 0) is 18.2 Å². The first-order valence-corrected chi connectivity index (χ1v) is 4.12. The molecule has 1 aromatic rings. The van der Waals surface area contributed by atoms with Gasteiger partial charge in [0, 0.05) is 7.05 Å². The molecule has 0 spiro atoms. The molecule has 15 heavy (non-hydrogen) atoms. The highest BCUT2D eigenvalue weighted by atomic mass is 19.1. The van der Waals surface area contributed by atoms with Gasteiger partial charge in [-0.2, -0.15) is 5.26 Å². The van der Waals surface area contributed by atoms with Crippen LogP contribution in [0, 0.1) is 17.1 Å². The molecule has 0 saturated heterocycles. The van der Waals surface area contributed by atoms with Crippen molar-refractivity contribution in [3.05, 3.63) is 35.1 Å². The van der Waals surface area contributed by atoms with Gasteiger partial charge in [0.05, 0.1) is 24.3 Å². The number of hydrogen-bond donors (Lipinski definition) is 0. The maximum Gasteiger partial charge on any atom is 0.280 e. The van der Waals surface area contributed by atoms with Crippen molar-refractivity contribution in [2.24, 2.45) is 0 Å². The molecule has 0 fully saturated rings. The van der Waals surface area contributed by atoms with Crippen molar-refractivity contribution in [2.75, 3.05) is 14.2 Å². The standard InChI is InChI=1S/C10H9FN2O2/c1-13(15-2)10(14)8-4-3-7(6-12)5-9(8)11/h3-5H,1-2H3. The Bertz CT molecular complexity index is 426. The molecular weight excluding hydrogens is 199 g/mol. The molecule has 78 valence electrons. The summed E-state index contributed by atoms with van der Waals surface area (Å²) in [6.45, 7) is 0. The van der Waals surface area contributed by atoms with E-state index in [1.807, 2.05) is 0 Å². The minimum atomic E-state index is -0.733. The Kier molecular flexibility index (Phi) is 3.37. The van der Waals surface area contributed by atoms with Crippen LogP contribution in [0.3, 0.4) is 0 Å². The molecule has 0 atom stereocenters. The zero-order valence-electron chi connectivity index (χ0n) is 8.32. The number of amides is 1. The number of nitriles is 1. The highest BCUT2D eigenvalue weighted by Crippen LogP contribution is 2.11. The predicted molar refractivity (Wildman–Crippen MR) is 50.2 cm³/mol. The van der Waals surface area contributed by atoms with Crippen LogP contribution >= 0.6 is 0 Å². The SMILES string of the molecule is CON(C)C(=O)c1ccc(C#N)cc1F. The smallest absolute Gasteiger partial charge is 0.274 e. The van der Waals surface area contributed by atoms with Crippen LogP contribution in [-0.2, 0) is 4.84 Å². The fourth-order valence-electron chi connectivity index (χ4n) is 1.01. The van der Waals surface area contributed by atoms with Crippen molar-refractivity contribution < 1.29 is 14.0 Å². The van der Waals surface area contributed by atoms with Gasteiger partial charge in [-0.15, -0.1) is 0 Å². The van der Waals surface area contributed by atoms with E-state index in [2.05, 4.69) is 4.84 Å². The Hall–Kier alpha value is -1.93. The topological polar surface area (TPSA) is 53.3 Å². The van der Waals surface area contributed by atoms with Crippen LogP contribution in [0.15, 0.2) is 18.2 Å². The first kappa shape index (κ1) is 11.1. The lowest BCUT2D eigenvalue weighted by Crippen LogP contribution is -2.26. The summed E-state index contributed by atoms with van der Waals surface area (Å²) in [5.74, 6) is -1.33. The molecule has 0 radical (unpaired) electrons. The molecule has 4 nitrogen and oxygen atoms in total. The average molecular weight is 208 g/mol. The van der Waals surface area contributed by atoms with E-state index in [1.54, 1.807) is 6.07 Å². The van der Waals surface area contributed by atoms with Gasteiger partial charge in [0.25, 0.3) is 5.91 Å².